The predicted molar refractivity (Wildman–Crippen MR) is 82.1 cm³/mol. The van der Waals surface area contributed by atoms with Gasteiger partial charge in [0.2, 0.25) is 5.91 Å². The third-order valence-electron chi connectivity index (χ3n) is 3.58. The second kappa shape index (κ2) is 5.00. The maximum Gasteiger partial charge on any atom is 0.247 e. The minimum absolute atomic E-state index is 0.0196. The van der Waals surface area contributed by atoms with Gasteiger partial charge < -0.3 is 10.6 Å². The van der Waals surface area contributed by atoms with Crippen LogP contribution in [0.5, 0.6) is 0 Å². The van der Waals surface area contributed by atoms with Gasteiger partial charge in [0.25, 0.3) is 0 Å². The van der Waals surface area contributed by atoms with E-state index >= 15 is 0 Å². The molecule has 0 bridgehead atoms. The molecule has 1 amide bonds. The Balaban J connectivity index is 1.72. The van der Waals surface area contributed by atoms with Gasteiger partial charge in [-0.15, -0.1) is 0 Å². The summed E-state index contributed by atoms with van der Waals surface area (Å²) in [6.07, 6.45) is 0.743. The van der Waals surface area contributed by atoms with Crippen molar-refractivity contribution in [3.63, 3.8) is 0 Å². The molecule has 1 aliphatic rings. The zero-order chi connectivity index (χ0) is 14.1. The average molecular weight is 266 g/mol. The lowest BCUT2D eigenvalue weighted by molar-refractivity contribution is -0.116. The Morgan fingerprint density at radius 2 is 1.85 bits per heavy atom. The minimum atomic E-state index is -0.187. The van der Waals surface area contributed by atoms with Crippen LogP contribution in [0.1, 0.15) is 16.7 Å². The summed E-state index contributed by atoms with van der Waals surface area (Å²) in [5.41, 5.74) is 5.44. The van der Waals surface area contributed by atoms with Crippen molar-refractivity contribution in [3.8, 4) is 0 Å². The van der Waals surface area contributed by atoms with Crippen molar-refractivity contribution < 1.29 is 4.79 Å². The smallest absolute Gasteiger partial charge is 0.247 e. The molecule has 1 heterocycles. The molecular weight excluding hydrogens is 248 g/mol. The number of anilines is 2. The zero-order valence-electron chi connectivity index (χ0n) is 11.7. The molecule has 0 aromatic heterocycles. The Kier molecular flexibility index (Phi) is 3.18. The molecule has 2 aromatic rings. The van der Waals surface area contributed by atoms with Gasteiger partial charge in [0.05, 0.1) is 0 Å². The van der Waals surface area contributed by atoms with Gasteiger partial charge in [-0.25, -0.2) is 0 Å². The average Bonchev–Trinajstić information content (AvgIpc) is 2.81. The first kappa shape index (κ1) is 12.7. The molecule has 1 aliphatic heterocycles. The molecule has 20 heavy (non-hydrogen) atoms. The monoisotopic (exact) mass is 266 g/mol. The van der Waals surface area contributed by atoms with Crippen LogP contribution in [0, 0.1) is 13.8 Å². The summed E-state index contributed by atoms with van der Waals surface area (Å²) in [4.78, 5) is 12.3. The van der Waals surface area contributed by atoms with Gasteiger partial charge in [0, 0.05) is 17.8 Å². The van der Waals surface area contributed by atoms with Crippen LogP contribution in [0.3, 0.4) is 0 Å². The van der Waals surface area contributed by atoms with Crippen molar-refractivity contribution in [2.24, 2.45) is 0 Å². The van der Waals surface area contributed by atoms with Gasteiger partial charge in [-0.3, -0.25) is 4.79 Å². The molecule has 2 N–H and O–H groups in total. The second-order valence-electron chi connectivity index (χ2n) is 5.42. The first-order valence-electron chi connectivity index (χ1n) is 6.85. The number of benzene rings is 2. The molecule has 3 nitrogen and oxygen atoms in total. The Morgan fingerprint density at radius 1 is 1.15 bits per heavy atom. The zero-order valence-corrected chi connectivity index (χ0v) is 11.7. The standard InChI is InChI=1S/C17H18N2O/c1-11-7-12(2)9-14(8-11)18-17(20)16-10-13-5-3-4-6-15(13)19-16/h3-9,16,19H,10H2,1-2H3,(H,18,20)/t16-/m0/s1. The van der Waals surface area contributed by atoms with Crippen LogP contribution >= 0.6 is 0 Å². The summed E-state index contributed by atoms with van der Waals surface area (Å²) in [7, 11) is 0. The van der Waals surface area contributed by atoms with Crippen LogP contribution < -0.4 is 10.6 Å². The molecule has 0 saturated carbocycles. The highest BCUT2D eigenvalue weighted by Gasteiger charge is 2.26. The molecule has 102 valence electrons. The van der Waals surface area contributed by atoms with E-state index in [1.54, 1.807) is 0 Å². The highest BCUT2D eigenvalue weighted by molar-refractivity contribution is 5.98. The summed E-state index contributed by atoms with van der Waals surface area (Å²) in [5, 5.41) is 6.27. The predicted octanol–water partition coefficient (Wildman–Crippen LogP) is 3.28. The second-order valence-corrected chi connectivity index (χ2v) is 5.42. The molecule has 3 rings (SSSR count). The molecule has 0 spiro atoms. The van der Waals surface area contributed by atoms with Crippen LogP contribution in [0.25, 0.3) is 0 Å². The number of hydrogen-bond donors (Lipinski definition) is 2. The quantitative estimate of drug-likeness (QED) is 0.876. The third kappa shape index (κ3) is 2.52. The fourth-order valence-electron chi connectivity index (χ4n) is 2.73. The number of carbonyl (C=O) groups is 1. The molecule has 0 radical (unpaired) electrons. The topological polar surface area (TPSA) is 41.1 Å². The number of fused-ring (bicyclic) bond motifs is 1. The molecular formula is C17H18N2O. The molecule has 0 unspecified atom stereocenters. The van der Waals surface area contributed by atoms with E-state index < -0.39 is 0 Å². The van der Waals surface area contributed by atoms with Crippen molar-refractivity contribution in [2.75, 3.05) is 10.6 Å². The number of carbonyl (C=O) groups excluding carboxylic acids is 1. The van der Waals surface area contributed by atoms with Crippen LogP contribution in [-0.2, 0) is 11.2 Å². The van der Waals surface area contributed by atoms with Gasteiger partial charge in [-0.2, -0.15) is 0 Å². The molecule has 3 heteroatoms. The summed E-state index contributed by atoms with van der Waals surface area (Å²) in [6.45, 7) is 4.07. The molecule has 2 aromatic carbocycles. The number of para-hydroxylation sites is 1. The van der Waals surface area contributed by atoms with Gasteiger partial charge in [-0.05, 0) is 48.7 Å². The lowest BCUT2D eigenvalue weighted by Crippen LogP contribution is -2.32. The first-order valence-corrected chi connectivity index (χ1v) is 6.85. The maximum absolute atomic E-state index is 12.3. The number of aryl methyl sites for hydroxylation is 2. The van der Waals surface area contributed by atoms with Crippen molar-refractivity contribution >= 4 is 17.3 Å². The fraction of sp³-hybridized carbons (Fsp3) is 0.235. The van der Waals surface area contributed by atoms with Crippen LogP contribution in [0.2, 0.25) is 0 Å². The molecule has 0 saturated heterocycles. The van der Waals surface area contributed by atoms with Crippen LogP contribution in [-0.4, -0.2) is 11.9 Å². The number of rotatable bonds is 2. The molecule has 1 atom stereocenters. The Bertz CT molecular complexity index is 619. The third-order valence-corrected chi connectivity index (χ3v) is 3.58. The van der Waals surface area contributed by atoms with E-state index in [2.05, 4.69) is 22.8 Å². The number of amides is 1. The van der Waals surface area contributed by atoms with Gasteiger partial charge in [-0.1, -0.05) is 24.3 Å². The van der Waals surface area contributed by atoms with E-state index in [1.807, 2.05) is 44.2 Å². The molecule has 0 aliphatic carbocycles. The van der Waals surface area contributed by atoms with E-state index in [4.69, 9.17) is 0 Å². The SMILES string of the molecule is Cc1cc(C)cc(NC(=O)[C@@H]2Cc3ccccc3N2)c1. The Labute approximate surface area is 119 Å². The van der Waals surface area contributed by atoms with Crippen molar-refractivity contribution in [1.82, 2.24) is 0 Å². The Morgan fingerprint density at radius 3 is 2.55 bits per heavy atom. The van der Waals surface area contributed by atoms with Gasteiger partial charge >= 0.3 is 0 Å². The van der Waals surface area contributed by atoms with Gasteiger partial charge in [0.1, 0.15) is 6.04 Å². The summed E-state index contributed by atoms with van der Waals surface area (Å²) >= 11 is 0. The molecule has 0 fully saturated rings. The summed E-state index contributed by atoms with van der Waals surface area (Å²) in [6, 6.07) is 14.0. The summed E-state index contributed by atoms with van der Waals surface area (Å²) < 4.78 is 0. The normalized spacial score (nSPS) is 16.4. The van der Waals surface area contributed by atoms with Crippen molar-refractivity contribution in [1.29, 1.82) is 0 Å². The maximum atomic E-state index is 12.3. The van der Waals surface area contributed by atoms with E-state index in [1.165, 1.54) is 5.56 Å². The van der Waals surface area contributed by atoms with Gasteiger partial charge in [0.15, 0.2) is 0 Å². The highest BCUT2D eigenvalue weighted by Crippen LogP contribution is 2.26. The van der Waals surface area contributed by atoms with Crippen LogP contribution in [0.15, 0.2) is 42.5 Å². The van der Waals surface area contributed by atoms with Crippen molar-refractivity contribution in [2.45, 2.75) is 26.3 Å². The van der Waals surface area contributed by atoms with Crippen LogP contribution in [0.4, 0.5) is 11.4 Å². The van der Waals surface area contributed by atoms with E-state index in [-0.39, 0.29) is 11.9 Å². The van der Waals surface area contributed by atoms with E-state index in [9.17, 15) is 4.79 Å². The van der Waals surface area contributed by atoms with E-state index in [0.717, 1.165) is 28.9 Å². The number of nitrogens with one attached hydrogen (secondary N) is 2. The summed E-state index contributed by atoms with van der Waals surface area (Å²) in [5.74, 6) is 0.0196. The minimum Gasteiger partial charge on any atom is -0.373 e. The highest BCUT2D eigenvalue weighted by atomic mass is 16.2. The van der Waals surface area contributed by atoms with Crippen molar-refractivity contribution in [3.05, 3.63) is 59.2 Å². The van der Waals surface area contributed by atoms with E-state index in [0.29, 0.717) is 0 Å². The lowest BCUT2D eigenvalue weighted by Gasteiger charge is -2.13. The largest absolute Gasteiger partial charge is 0.373 e. The Hall–Kier alpha value is -2.29. The first-order chi connectivity index (χ1) is 9.61. The fourth-order valence-corrected chi connectivity index (χ4v) is 2.73. The lowest BCUT2D eigenvalue weighted by atomic mass is 10.1. The number of hydrogen-bond acceptors (Lipinski definition) is 2.